The zero-order valence-corrected chi connectivity index (χ0v) is 14.8. The lowest BCUT2D eigenvalue weighted by atomic mass is 9.97. The van der Waals surface area contributed by atoms with Crippen LogP contribution in [0.1, 0.15) is 11.1 Å². The van der Waals surface area contributed by atoms with Crippen LogP contribution in [0.15, 0.2) is 12.1 Å². The van der Waals surface area contributed by atoms with Crippen molar-refractivity contribution in [1.82, 2.24) is 19.7 Å². The molecular formula is C17H22N6O2. The first kappa shape index (κ1) is 17.0. The van der Waals surface area contributed by atoms with Crippen molar-refractivity contribution < 1.29 is 9.47 Å². The normalized spacial score (nSPS) is 11.2. The van der Waals surface area contributed by atoms with Crippen molar-refractivity contribution in [3.63, 3.8) is 0 Å². The Morgan fingerprint density at radius 3 is 2.40 bits per heavy atom. The van der Waals surface area contributed by atoms with Gasteiger partial charge in [-0.3, -0.25) is 0 Å². The van der Waals surface area contributed by atoms with Gasteiger partial charge in [-0.05, 0) is 37.1 Å². The number of nitrogens with two attached hydrogens (primary N) is 2. The Kier molecular flexibility index (Phi) is 4.45. The van der Waals surface area contributed by atoms with Crippen LogP contribution in [0.5, 0.6) is 5.75 Å². The second-order valence-electron chi connectivity index (χ2n) is 5.91. The van der Waals surface area contributed by atoms with Crippen molar-refractivity contribution in [2.45, 2.75) is 13.8 Å². The van der Waals surface area contributed by atoms with Crippen LogP contribution in [0.3, 0.4) is 0 Å². The lowest BCUT2D eigenvalue weighted by Crippen LogP contribution is -2.05. The van der Waals surface area contributed by atoms with E-state index >= 15 is 0 Å². The number of hydrogen-bond donors (Lipinski definition) is 2. The number of nitrogen functional groups attached to an aromatic ring is 2. The number of benzene rings is 1. The molecule has 0 saturated heterocycles. The summed E-state index contributed by atoms with van der Waals surface area (Å²) in [5.74, 6) is 1.35. The molecule has 0 aliphatic carbocycles. The molecule has 0 amide bonds. The number of methoxy groups -OCH3 is 1. The van der Waals surface area contributed by atoms with E-state index in [-0.39, 0.29) is 5.95 Å². The average Bonchev–Trinajstić information content (AvgIpc) is 2.81. The van der Waals surface area contributed by atoms with Gasteiger partial charge in [0.05, 0.1) is 17.7 Å². The van der Waals surface area contributed by atoms with Crippen molar-refractivity contribution in [1.29, 1.82) is 0 Å². The van der Waals surface area contributed by atoms with Crippen LogP contribution in [-0.4, -0.2) is 40.1 Å². The minimum atomic E-state index is 0.185. The summed E-state index contributed by atoms with van der Waals surface area (Å²) in [6.07, 6.45) is 0. The van der Waals surface area contributed by atoms with Gasteiger partial charge in [-0.2, -0.15) is 10.1 Å². The summed E-state index contributed by atoms with van der Waals surface area (Å²) in [6.45, 7) is 5.04. The SMILES string of the molecule is COCCOc1cc(C)c(-c2nc(N)nc3c2c(N)nn3C)c(C)c1. The number of aromatic nitrogens is 4. The molecule has 1 aromatic carbocycles. The van der Waals surface area contributed by atoms with E-state index in [4.69, 9.17) is 20.9 Å². The van der Waals surface area contributed by atoms with Gasteiger partial charge in [-0.25, -0.2) is 9.67 Å². The van der Waals surface area contributed by atoms with Gasteiger partial charge in [-0.1, -0.05) is 0 Å². The highest BCUT2D eigenvalue weighted by Crippen LogP contribution is 2.36. The third-order valence-electron chi connectivity index (χ3n) is 4.03. The molecule has 0 fully saturated rings. The molecule has 0 aliphatic heterocycles. The van der Waals surface area contributed by atoms with Crippen molar-refractivity contribution in [2.75, 3.05) is 31.8 Å². The molecule has 2 heterocycles. The third-order valence-corrected chi connectivity index (χ3v) is 4.03. The maximum atomic E-state index is 6.09. The fraction of sp³-hybridized carbons (Fsp3) is 0.353. The Morgan fingerprint density at radius 1 is 1.08 bits per heavy atom. The Morgan fingerprint density at radius 2 is 1.76 bits per heavy atom. The first-order valence-electron chi connectivity index (χ1n) is 7.91. The summed E-state index contributed by atoms with van der Waals surface area (Å²) >= 11 is 0. The quantitative estimate of drug-likeness (QED) is 0.680. The number of anilines is 2. The monoisotopic (exact) mass is 342 g/mol. The minimum absolute atomic E-state index is 0.185. The molecular weight excluding hydrogens is 320 g/mol. The van der Waals surface area contributed by atoms with Crippen LogP contribution in [0.4, 0.5) is 11.8 Å². The molecule has 0 bridgehead atoms. The third kappa shape index (κ3) is 3.08. The average molecular weight is 342 g/mol. The van der Waals surface area contributed by atoms with Gasteiger partial charge in [0.25, 0.3) is 0 Å². The van der Waals surface area contributed by atoms with Crippen molar-refractivity contribution in [3.8, 4) is 17.0 Å². The molecule has 0 radical (unpaired) electrons. The molecule has 8 heteroatoms. The second-order valence-corrected chi connectivity index (χ2v) is 5.91. The van der Waals surface area contributed by atoms with Crippen LogP contribution >= 0.6 is 0 Å². The summed E-state index contributed by atoms with van der Waals surface area (Å²) in [6, 6.07) is 3.93. The maximum Gasteiger partial charge on any atom is 0.222 e. The van der Waals surface area contributed by atoms with Crippen molar-refractivity contribution in [3.05, 3.63) is 23.3 Å². The smallest absolute Gasteiger partial charge is 0.222 e. The molecule has 0 atom stereocenters. The number of rotatable bonds is 5. The largest absolute Gasteiger partial charge is 0.491 e. The lowest BCUT2D eigenvalue weighted by molar-refractivity contribution is 0.146. The molecule has 3 aromatic rings. The van der Waals surface area contributed by atoms with Gasteiger partial charge in [0, 0.05) is 19.7 Å². The standard InChI is InChI=1S/C17H22N6O2/c1-9-7-11(25-6-5-24-4)8-10(2)12(9)14-13-15(18)22-23(3)16(13)21-17(19)20-14/h7-8H,5-6H2,1-4H3,(H2,18,22)(H2,19,20,21). The highest BCUT2D eigenvalue weighted by atomic mass is 16.5. The summed E-state index contributed by atoms with van der Waals surface area (Å²) < 4.78 is 12.3. The molecule has 0 spiro atoms. The number of fused-ring (bicyclic) bond motifs is 1. The minimum Gasteiger partial charge on any atom is -0.491 e. The molecule has 8 nitrogen and oxygen atoms in total. The zero-order chi connectivity index (χ0) is 18.1. The molecule has 3 rings (SSSR count). The molecule has 2 aromatic heterocycles. The van der Waals surface area contributed by atoms with Crippen molar-refractivity contribution >= 4 is 22.8 Å². The summed E-state index contributed by atoms with van der Waals surface area (Å²) in [5.41, 5.74) is 16.3. The van der Waals surface area contributed by atoms with Gasteiger partial charge >= 0.3 is 0 Å². The highest BCUT2D eigenvalue weighted by Gasteiger charge is 2.19. The molecule has 4 N–H and O–H groups in total. The van der Waals surface area contributed by atoms with Gasteiger partial charge in [0.2, 0.25) is 5.95 Å². The van der Waals surface area contributed by atoms with Gasteiger partial charge in [0.1, 0.15) is 12.4 Å². The fourth-order valence-electron chi connectivity index (χ4n) is 3.00. The number of hydrogen-bond acceptors (Lipinski definition) is 7. The van der Waals surface area contributed by atoms with Gasteiger partial charge < -0.3 is 20.9 Å². The second kappa shape index (κ2) is 6.56. The number of ether oxygens (including phenoxy) is 2. The molecule has 0 unspecified atom stereocenters. The van der Waals surface area contributed by atoms with Crippen LogP contribution in [0.2, 0.25) is 0 Å². The van der Waals surface area contributed by atoms with Gasteiger partial charge in [0.15, 0.2) is 11.5 Å². The Hall–Kier alpha value is -2.87. The van der Waals surface area contributed by atoms with E-state index in [1.807, 2.05) is 26.0 Å². The van der Waals surface area contributed by atoms with Gasteiger partial charge in [-0.15, -0.1) is 0 Å². The van der Waals surface area contributed by atoms with E-state index in [1.54, 1.807) is 18.8 Å². The topological polar surface area (TPSA) is 114 Å². The maximum absolute atomic E-state index is 6.09. The van der Waals surface area contributed by atoms with Crippen LogP contribution in [0.25, 0.3) is 22.3 Å². The molecule has 0 aliphatic rings. The Balaban J connectivity index is 2.15. The first-order valence-corrected chi connectivity index (χ1v) is 7.91. The predicted molar refractivity (Wildman–Crippen MR) is 97.4 cm³/mol. The summed E-state index contributed by atoms with van der Waals surface area (Å²) in [7, 11) is 3.42. The summed E-state index contributed by atoms with van der Waals surface area (Å²) in [5, 5.41) is 4.95. The first-order chi connectivity index (χ1) is 11.9. The van der Waals surface area contributed by atoms with Crippen LogP contribution < -0.4 is 16.2 Å². The fourth-order valence-corrected chi connectivity index (χ4v) is 3.00. The highest BCUT2D eigenvalue weighted by molar-refractivity contribution is 6.00. The van der Waals surface area contributed by atoms with E-state index in [2.05, 4.69) is 15.1 Å². The van der Waals surface area contributed by atoms with Crippen LogP contribution in [-0.2, 0) is 11.8 Å². The molecule has 0 saturated carbocycles. The molecule has 25 heavy (non-hydrogen) atoms. The van der Waals surface area contributed by atoms with E-state index in [0.717, 1.165) is 22.4 Å². The summed E-state index contributed by atoms with van der Waals surface area (Å²) in [4.78, 5) is 8.70. The van der Waals surface area contributed by atoms with Crippen molar-refractivity contribution in [2.24, 2.45) is 7.05 Å². The number of nitrogens with zero attached hydrogens (tertiary/aromatic N) is 4. The zero-order valence-electron chi connectivity index (χ0n) is 14.8. The predicted octanol–water partition coefficient (Wildman–Crippen LogP) is 1.84. The van der Waals surface area contributed by atoms with E-state index in [0.29, 0.717) is 35.8 Å². The lowest BCUT2D eigenvalue weighted by Gasteiger charge is -2.14. The Labute approximate surface area is 145 Å². The van der Waals surface area contributed by atoms with E-state index in [9.17, 15) is 0 Å². The van der Waals surface area contributed by atoms with Crippen LogP contribution in [0, 0.1) is 13.8 Å². The Bertz CT molecular complexity index is 912. The number of aryl methyl sites for hydroxylation is 3. The van der Waals surface area contributed by atoms with E-state index < -0.39 is 0 Å². The molecule has 132 valence electrons. The van der Waals surface area contributed by atoms with E-state index in [1.165, 1.54) is 0 Å².